The molecule has 1 N–H and O–H groups in total. The number of allylic oxidation sites excluding steroid dienone is 1. The van der Waals surface area contributed by atoms with Crippen LogP contribution < -0.4 is 4.74 Å². The third kappa shape index (κ3) is 4.20. The minimum absolute atomic E-state index is 0.0995. The average Bonchev–Trinajstić information content (AvgIpc) is 3.23. The van der Waals surface area contributed by atoms with Crippen molar-refractivity contribution in [2.75, 3.05) is 13.2 Å². The summed E-state index contributed by atoms with van der Waals surface area (Å²) in [5.41, 5.74) is 0.817. The predicted molar refractivity (Wildman–Crippen MR) is 102 cm³/mol. The molecule has 1 aliphatic rings. The SMILES string of the molecule is CCOC(=O)COc1ccc(C=C2SC(=N)C(c3nccs3)C2=O)cc1. The van der Waals surface area contributed by atoms with E-state index in [1.807, 2.05) is 0 Å². The Balaban J connectivity index is 1.67. The summed E-state index contributed by atoms with van der Waals surface area (Å²) in [5.74, 6) is -0.562. The highest BCUT2D eigenvalue weighted by Crippen LogP contribution is 2.41. The van der Waals surface area contributed by atoms with E-state index in [4.69, 9.17) is 14.9 Å². The number of esters is 1. The van der Waals surface area contributed by atoms with E-state index in [1.165, 1.54) is 23.1 Å². The van der Waals surface area contributed by atoms with Gasteiger partial charge in [0.2, 0.25) is 0 Å². The Hall–Kier alpha value is -2.45. The van der Waals surface area contributed by atoms with Gasteiger partial charge in [-0.3, -0.25) is 10.2 Å². The number of nitrogens with zero attached hydrogens (tertiary/aromatic N) is 1. The molecular weight excluding hydrogens is 372 g/mol. The van der Waals surface area contributed by atoms with Crippen LogP contribution in [0.2, 0.25) is 0 Å². The molecular formula is C18H16N2O4S2. The molecule has 8 heteroatoms. The van der Waals surface area contributed by atoms with E-state index < -0.39 is 11.9 Å². The zero-order chi connectivity index (χ0) is 18.5. The molecule has 1 atom stereocenters. The van der Waals surface area contributed by atoms with Gasteiger partial charge in [0.25, 0.3) is 0 Å². The van der Waals surface area contributed by atoms with Crippen LogP contribution in [0.25, 0.3) is 6.08 Å². The summed E-state index contributed by atoms with van der Waals surface area (Å²) < 4.78 is 10.1. The first kappa shape index (κ1) is 18.3. The zero-order valence-electron chi connectivity index (χ0n) is 13.9. The van der Waals surface area contributed by atoms with E-state index in [0.29, 0.717) is 27.3 Å². The molecule has 0 saturated carbocycles. The van der Waals surface area contributed by atoms with Gasteiger partial charge in [0.05, 0.1) is 16.6 Å². The fourth-order valence-electron chi connectivity index (χ4n) is 2.35. The smallest absolute Gasteiger partial charge is 0.344 e. The van der Waals surface area contributed by atoms with Crippen molar-refractivity contribution >= 4 is 46.0 Å². The van der Waals surface area contributed by atoms with Gasteiger partial charge in [-0.05, 0) is 30.7 Å². The van der Waals surface area contributed by atoms with Gasteiger partial charge in [0.1, 0.15) is 16.7 Å². The predicted octanol–water partition coefficient (Wildman–Crippen LogP) is 3.50. The molecule has 3 rings (SSSR count). The molecule has 0 amide bonds. The molecule has 2 aromatic rings. The molecule has 1 aliphatic heterocycles. The maximum Gasteiger partial charge on any atom is 0.344 e. The minimum Gasteiger partial charge on any atom is -0.482 e. The second-order valence-corrected chi connectivity index (χ2v) is 7.32. The van der Waals surface area contributed by atoms with Gasteiger partial charge in [-0.2, -0.15) is 0 Å². The fourth-order valence-corrected chi connectivity index (χ4v) is 4.15. The molecule has 26 heavy (non-hydrogen) atoms. The largest absolute Gasteiger partial charge is 0.482 e. The number of carbonyl (C=O) groups excluding carboxylic acids is 2. The zero-order valence-corrected chi connectivity index (χ0v) is 15.6. The van der Waals surface area contributed by atoms with E-state index in [0.717, 1.165) is 5.56 Å². The minimum atomic E-state index is -0.585. The normalized spacial score (nSPS) is 18.3. The Kier molecular flexibility index (Phi) is 5.85. The van der Waals surface area contributed by atoms with Crippen LogP contribution in [0.4, 0.5) is 0 Å². The van der Waals surface area contributed by atoms with Crippen LogP contribution in [-0.4, -0.2) is 35.0 Å². The lowest BCUT2D eigenvalue weighted by Gasteiger charge is -2.06. The molecule has 0 radical (unpaired) electrons. The van der Waals surface area contributed by atoms with Crippen LogP contribution in [0.1, 0.15) is 23.4 Å². The second kappa shape index (κ2) is 8.29. The lowest BCUT2D eigenvalue weighted by atomic mass is 10.1. The van der Waals surface area contributed by atoms with E-state index in [2.05, 4.69) is 4.98 Å². The van der Waals surface area contributed by atoms with Crippen LogP contribution in [0.3, 0.4) is 0 Å². The molecule has 1 aromatic carbocycles. The van der Waals surface area contributed by atoms with Gasteiger partial charge in [-0.1, -0.05) is 23.9 Å². The van der Waals surface area contributed by atoms with Crippen molar-refractivity contribution < 1.29 is 19.1 Å². The molecule has 0 aliphatic carbocycles. The number of benzene rings is 1. The Morgan fingerprint density at radius 3 is 2.77 bits per heavy atom. The van der Waals surface area contributed by atoms with Gasteiger partial charge in [0, 0.05) is 11.6 Å². The molecule has 6 nitrogen and oxygen atoms in total. The number of thiazole rings is 1. The van der Waals surface area contributed by atoms with Crippen molar-refractivity contribution in [3.8, 4) is 5.75 Å². The molecule has 0 bridgehead atoms. The number of hydrogen-bond acceptors (Lipinski definition) is 8. The first-order valence-corrected chi connectivity index (χ1v) is 9.58. The number of thioether (sulfide) groups is 1. The number of carbonyl (C=O) groups is 2. The Labute approximate surface area is 158 Å². The summed E-state index contributed by atoms with van der Waals surface area (Å²) >= 11 is 2.55. The molecule has 2 heterocycles. The molecule has 1 aromatic heterocycles. The highest BCUT2D eigenvalue weighted by atomic mass is 32.2. The second-order valence-electron chi connectivity index (χ2n) is 5.31. The Morgan fingerprint density at radius 1 is 1.35 bits per heavy atom. The van der Waals surface area contributed by atoms with Crippen molar-refractivity contribution in [3.63, 3.8) is 0 Å². The summed E-state index contributed by atoms with van der Waals surface area (Å²) in [5, 5.41) is 10.8. The van der Waals surface area contributed by atoms with Crippen LogP contribution >= 0.6 is 23.1 Å². The Bertz CT molecular complexity index is 845. The number of hydrogen-bond donors (Lipinski definition) is 1. The molecule has 1 unspecified atom stereocenters. The quantitative estimate of drug-likeness (QED) is 0.602. The van der Waals surface area contributed by atoms with Crippen LogP contribution in [0, 0.1) is 5.41 Å². The molecule has 1 fully saturated rings. The lowest BCUT2D eigenvalue weighted by Crippen LogP contribution is -2.14. The molecule has 134 valence electrons. The number of nitrogens with one attached hydrogen (secondary N) is 1. The van der Waals surface area contributed by atoms with E-state index in [9.17, 15) is 9.59 Å². The summed E-state index contributed by atoms with van der Waals surface area (Å²) in [6.45, 7) is 1.91. The number of rotatable bonds is 6. The van der Waals surface area contributed by atoms with Crippen LogP contribution in [0.5, 0.6) is 5.75 Å². The van der Waals surface area contributed by atoms with Gasteiger partial charge in [-0.15, -0.1) is 11.3 Å². The van der Waals surface area contributed by atoms with Gasteiger partial charge < -0.3 is 9.47 Å². The summed E-state index contributed by atoms with van der Waals surface area (Å²) in [6.07, 6.45) is 3.40. The van der Waals surface area contributed by atoms with Crippen LogP contribution in [-0.2, 0) is 14.3 Å². The van der Waals surface area contributed by atoms with E-state index in [1.54, 1.807) is 48.8 Å². The summed E-state index contributed by atoms with van der Waals surface area (Å²) in [4.78, 5) is 28.6. The molecule has 0 spiro atoms. The van der Waals surface area contributed by atoms with Crippen molar-refractivity contribution in [1.29, 1.82) is 5.41 Å². The molecule has 1 saturated heterocycles. The van der Waals surface area contributed by atoms with Gasteiger partial charge >= 0.3 is 5.97 Å². The van der Waals surface area contributed by atoms with Gasteiger partial charge in [-0.25, -0.2) is 9.78 Å². The topological polar surface area (TPSA) is 89.3 Å². The first-order valence-electron chi connectivity index (χ1n) is 7.88. The Morgan fingerprint density at radius 2 is 2.12 bits per heavy atom. The first-order chi connectivity index (χ1) is 12.6. The van der Waals surface area contributed by atoms with Gasteiger partial charge in [0.15, 0.2) is 12.4 Å². The summed E-state index contributed by atoms with van der Waals surface area (Å²) in [6, 6.07) is 7.03. The van der Waals surface area contributed by atoms with Crippen molar-refractivity contribution in [1.82, 2.24) is 4.98 Å². The van der Waals surface area contributed by atoms with Crippen molar-refractivity contribution in [2.24, 2.45) is 0 Å². The maximum absolute atomic E-state index is 12.6. The number of Topliss-reactive ketones (excluding diaryl/α,β-unsaturated/α-hetero) is 1. The van der Waals surface area contributed by atoms with Crippen molar-refractivity contribution in [3.05, 3.63) is 51.3 Å². The number of ether oxygens (including phenoxy) is 2. The van der Waals surface area contributed by atoms with E-state index in [-0.39, 0.29) is 12.4 Å². The third-order valence-electron chi connectivity index (χ3n) is 3.53. The standard InChI is InChI=1S/C18H16N2O4S2/c1-2-23-14(21)10-24-12-5-3-11(4-6-12)9-13-16(22)15(17(19)26-13)18-20-7-8-25-18/h3-9,15,19H,2,10H2,1H3. The summed E-state index contributed by atoms with van der Waals surface area (Å²) in [7, 11) is 0. The number of ketones is 1. The third-order valence-corrected chi connectivity index (χ3v) is 5.36. The highest BCUT2D eigenvalue weighted by Gasteiger charge is 2.38. The van der Waals surface area contributed by atoms with Crippen molar-refractivity contribution in [2.45, 2.75) is 12.8 Å². The van der Waals surface area contributed by atoms with E-state index >= 15 is 0 Å². The van der Waals surface area contributed by atoms with Crippen LogP contribution in [0.15, 0.2) is 40.7 Å². The number of aromatic nitrogens is 1. The maximum atomic E-state index is 12.6. The monoisotopic (exact) mass is 388 g/mol. The highest BCUT2D eigenvalue weighted by molar-refractivity contribution is 8.19. The fraction of sp³-hybridized carbons (Fsp3) is 0.222. The lowest BCUT2D eigenvalue weighted by molar-refractivity contribution is -0.145. The average molecular weight is 388 g/mol.